The molecule has 1 aliphatic carbocycles. The summed E-state index contributed by atoms with van der Waals surface area (Å²) >= 11 is 0. The highest BCUT2D eigenvalue weighted by Gasteiger charge is 2.27. The Hall–Kier alpha value is -4.64. The van der Waals surface area contributed by atoms with Gasteiger partial charge in [0.1, 0.15) is 5.56 Å². The average Bonchev–Trinajstić information content (AvgIpc) is 3.53. The third kappa shape index (κ3) is 4.84. The van der Waals surface area contributed by atoms with Crippen LogP contribution in [-0.2, 0) is 11.3 Å². The van der Waals surface area contributed by atoms with Crippen LogP contribution in [0, 0.1) is 5.92 Å². The second kappa shape index (κ2) is 9.91. The Balaban J connectivity index is 1.26. The number of fused-ring (bicyclic) bond motifs is 1. The van der Waals surface area contributed by atoms with Crippen molar-refractivity contribution in [3.8, 4) is 22.7 Å². The van der Waals surface area contributed by atoms with Crippen molar-refractivity contribution < 1.29 is 9.15 Å². The minimum absolute atomic E-state index is 0.00177. The summed E-state index contributed by atoms with van der Waals surface area (Å²) in [5.41, 5.74) is 2.25. The molecule has 0 radical (unpaired) electrons. The zero-order valence-corrected chi connectivity index (χ0v) is 21.2. The van der Waals surface area contributed by atoms with E-state index in [1.54, 1.807) is 6.07 Å². The molecule has 7 rings (SSSR count). The van der Waals surface area contributed by atoms with Gasteiger partial charge in [-0.05, 0) is 24.8 Å². The molecule has 1 N–H and O–H groups in total. The van der Waals surface area contributed by atoms with Crippen molar-refractivity contribution in [2.45, 2.75) is 19.4 Å². The van der Waals surface area contributed by atoms with Gasteiger partial charge in [-0.15, -0.1) is 5.10 Å². The normalized spacial score (nSPS) is 15.5. The lowest BCUT2D eigenvalue weighted by atomic mass is 10.1. The van der Waals surface area contributed by atoms with E-state index in [-0.39, 0.29) is 11.8 Å². The molecule has 1 saturated heterocycles. The van der Waals surface area contributed by atoms with Gasteiger partial charge < -0.3 is 14.1 Å². The van der Waals surface area contributed by atoms with Gasteiger partial charge in [0, 0.05) is 36.8 Å². The van der Waals surface area contributed by atoms with Gasteiger partial charge in [-0.1, -0.05) is 53.6 Å². The van der Waals surface area contributed by atoms with Gasteiger partial charge in [0.2, 0.25) is 5.82 Å². The standard InChI is InChI=1S/C28H26N8O3/c37-26-24(30-23(19-6-2-1-3-7-19)20-8-4-5-9-22(20)29-26)31-28-33-32-27(39-28)21-17-36(16-18-10-11-18)34-25(21)35-12-14-38-15-13-35/h1-9,17-18H,10-16H2,(H,29,30,31,33,37). The number of hydrogen-bond acceptors (Lipinski definition) is 10. The van der Waals surface area contributed by atoms with Gasteiger partial charge in [-0.25, -0.2) is 9.97 Å². The second-order valence-electron chi connectivity index (χ2n) is 9.78. The highest BCUT2D eigenvalue weighted by Crippen LogP contribution is 2.34. The van der Waals surface area contributed by atoms with Crippen LogP contribution in [-0.4, -0.2) is 56.2 Å². The van der Waals surface area contributed by atoms with Crippen LogP contribution >= 0.6 is 0 Å². The maximum atomic E-state index is 13.1. The molecule has 1 saturated carbocycles. The van der Waals surface area contributed by atoms with E-state index in [0.717, 1.165) is 42.0 Å². The molecule has 2 aliphatic rings. The maximum absolute atomic E-state index is 13.1. The fraction of sp³-hybridized carbons (Fsp3) is 0.286. The van der Waals surface area contributed by atoms with Crippen LogP contribution < -0.4 is 15.8 Å². The molecular weight excluding hydrogens is 496 g/mol. The summed E-state index contributed by atoms with van der Waals surface area (Å²) in [4.78, 5) is 24.3. The van der Waals surface area contributed by atoms with Gasteiger partial charge in [-0.2, -0.15) is 5.10 Å². The van der Waals surface area contributed by atoms with Gasteiger partial charge in [0.15, 0.2) is 5.82 Å². The summed E-state index contributed by atoms with van der Waals surface area (Å²) in [6.45, 7) is 3.61. The number of benzene rings is 2. The van der Waals surface area contributed by atoms with Gasteiger partial charge in [0.05, 0.1) is 24.4 Å². The molecule has 0 unspecified atom stereocenters. The maximum Gasteiger partial charge on any atom is 0.321 e. The fourth-order valence-corrected chi connectivity index (χ4v) is 4.76. The number of nitrogens with zero attached hydrogens (tertiary/aromatic N) is 7. The molecule has 196 valence electrons. The quantitative estimate of drug-likeness (QED) is 0.337. The molecule has 0 spiro atoms. The first-order chi connectivity index (χ1) is 19.2. The van der Waals surface area contributed by atoms with Crippen LogP contribution in [0.15, 0.2) is 70.0 Å². The monoisotopic (exact) mass is 522 g/mol. The number of aromatic nitrogens is 6. The fourth-order valence-electron chi connectivity index (χ4n) is 4.76. The van der Waals surface area contributed by atoms with Gasteiger partial charge in [-0.3, -0.25) is 14.8 Å². The molecule has 1 aliphatic heterocycles. The van der Waals surface area contributed by atoms with Crippen LogP contribution in [0.25, 0.3) is 33.6 Å². The largest absolute Gasteiger partial charge is 0.403 e. The zero-order valence-electron chi connectivity index (χ0n) is 21.2. The smallest absolute Gasteiger partial charge is 0.321 e. The van der Waals surface area contributed by atoms with E-state index in [0.29, 0.717) is 36.2 Å². The van der Waals surface area contributed by atoms with E-state index in [4.69, 9.17) is 19.2 Å². The molecule has 5 aromatic rings. The van der Waals surface area contributed by atoms with Crippen LogP contribution in [0.4, 0.5) is 17.7 Å². The lowest BCUT2D eigenvalue weighted by Gasteiger charge is -2.27. The Labute approximate surface area is 223 Å². The lowest BCUT2D eigenvalue weighted by Crippen LogP contribution is -2.36. The summed E-state index contributed by atoms with van der Waals surface area (Å²) in [5, 5.41) is 17.0. The molecule has 11 nitrogen and oxygen atoms in total. The Morgan fingerprint density at radius 2 is 1.74 bits per heavy atom. The Bertz CT molecular complexity index is 1690. The van der Waals surface area contributed by atoms with E-state index < -0.39 is 5.56 Å². The minimum atomic E-state index is -0.528. The lowest BCUT2D eigenvalue weighted by molar-refractivity contribution is 0.122. The van der Waals surface area contributed by atoms with E-state index in [1.165, 1.54) is 12.8 Å². The van der Waals surface area contributed by atoms with Crippen LogP contribution in [0.2, 0.25) is 0 Å². The summed E-state index contributed by atoms with van der Waals surface area (Å²) in [6.07, 6.45) is 4.41. The predicted molar refractivity (Wildman–Crippen MR) is 146 cm³/mol. The highest BCUT2D eigenvalue weighted by atomic mass is 16.5. The number of rotatable bonds is 7. The van der Waals surface area contributed by atoms with Crippen molar-refractivity contribution >= 4 is 28.6 Å². The van der Waals surface area contributed by atoms with E-state index >= 15 is 0 Å². The van der Waals surface area contributed by atoms with Crippen molar-refractivity contribution in [2.75, 3.05) is 36.5 Å². The first-order valence-electron chi connectivity index (χ1n) is 13.1. The Morgan fingerprint density at radius 3 is 2.56 bits per heavy atom. The molecular formula is C28H26N8O3. The molecule has 2 aromatic carbocycles. The summed E-state index contributed by atoms with van der Waals surface area (Å²) in [6, 6.07) is 17.2. The third-order valence-electron chi connectivity index (χ3n) is 6.93. The number of nitrogens with one attached hydrogen (secondary N) is 1. The molecule has 0 atom stereocenters. The molecule has 0 amide bonds. The zero-order chi connectivity index (χ0) is 26.2. The number of ether oxygens (including phenoxy) is 1. The third-order valence-corrected chi connectivity index (χ3v) is 6.93. The molecule has 4 heterocycles. The van der Waals surface area contributed by atoms with Crippen molar-refractivity contribution in [1.82, 2.24) is 29.9 Å². The minimum Gasteiger partial charge on any atom is -0.403 e. The van der Waals surface area contributed by atoms with Crippen LogP contribution in [0.3, 0.4) is 0 Å². The number of hydrogen-bond donors (Lipinski definition) is 1. The Morgan fingerprint density at radius 1 is 0.949 bits per heavy atom. The van der Waals surface area contributed by atoms with Crippen LogP contribution in [0.5, 0.6) is 0 Å². The first-order valence-corrected chi connectivity index (χ1v) is 13.1. The molecule has 0 bridgehead atoms. The van der Waals surface area contributed by atoms with Crippen molar-refractivity contribution in [2.24, 2.45) is 5.92 Å². The van der Waals surface area contributed by atoms with E-state index in [9.17, 15) is 4.79 Å². The number of anilines is 3. The molecule has 39 heavy (non-hydrogen) atoms. The summed E-state index contributed by atoms with van der Waals surface area (Å²) in [5.74, 6) is 1.77. The first kappa shape index (κ1) is 23.5. The molecule has 11 heteroatoms. The average molecular weight is 523 g/mol. The number of para-hydroxylation sites is 1. The predicted octanol–water partition coefficient (Wildman–Crippen LogP) is 3.89. The summed E-state index contributed by atoms with van der Waals surface area (Å²) in [7, 11) is 0. The van der Waals surface area contributed by atoms with Gasteiger partial charge in [0.25, 0.3) is 5.89 Å². The molecule has 3 aromatic heterocycles. The van der Waals surface area contributed by atoms with Crippen LogP contribution in [0.1, 0.15) is 12.8 Å². The van der Waals surface area contributed by atoms with E-state index in [2.05, 4.69) is 25.4 Å². The van der Waals surface area contributed by atoms with Crippen molar-refractivity contribution in [1.29, 1.82) is 0 Å². The molecule has 2 fully saturated rings. The second-order valence-corrected chi connectivity index (χ2v) is 9.78. The number of morpholine rings is 1. The highest BCUT2D eigenvalue weighted by molar-refractivity contribution is 5.92. The summed E-state index contributed by atoms with van der Waals surface area (Å²) < 4.78 is 13.5. The van der Waals surface area contributed by atoms with Crippen molar-refractivity contribution in [3.05, 3.63) is 71.1 Å². The SMILES string of the molecule is O=c1nc2ccccc2c(-c2ccccc2)nc1Nc1nnc(-c2cn(CC3CC3)nc2N2CCOCC2)o1. The van der Waals surface area contributed by atoms with E-state index in [1.807, 2.05) is 59.4 Å². The topological polar surface area (TPSA) is 124 Å². The van der Waals surface area contributed by atoms with Crippen molar-refractivity contribution in [3.63, 3.8) is 0 Å². The Kier molecular flexibility index (Phi) is 5.97. The van der Waals surface area contributed by atoms with Gasteiger partial charge >= 0.3 is 11.6 Å².